The lowest BCUT2D eigenvalue weighted by Gasteiger charge is -2.05. The first-order chi connectivity index (χ1) is 6.20. The minimum absolute atomic E-state index is 0.139. The van der Waals surface area contributed by atoms with Crippen molar-refractivity contribution in [2.75, 3.05) is 0 Å². The highest BCUT2D eigenvalue weighted by atomic mass is 19.3. The van der Waals surface area contributed by atoms with E-state index in [2.05, 4.69) is 4.98 Å². The summed E-state index contributed by atoms with van der Waals surface area (Å²) >= 11 is 0. The van der Waals surface area contributed by atoms with Crippen LogP contribution in [0.5, 0.6) is 0 Å². The number of nitriles is 1. The van der Waals surface area contributed by atoms with Crippen LogP contribution in [0.4, 0.5) is 13.2 Å². The molecule has 0 aliphatic rings. The van der Waals surface area contributed by atoms with Gasteiger partial charge in [-0.15, -0.1) is 0 Å². The van der Waals surface area contributed by atoms with Gasteiger partial charge in [0.25, 0.3) is 6.43 Å². The van der Waals surface area contributed by atoms with Gasteiger partial charge in [-0.3, -0.25) is 4.98 Å². The van der Waals surface area contributed by atoms with Gasteiger partial charge in [0.1, 0.15) is 12.7 Å². The van der Waals surface area contributed by atoms with Crippen molar-refractivity contribution >= 4 is 0 Å². The first-order valence-corrected chi connectivity index (χ1v) is 3.41. The molecule has 0 aliphatic heterocycles. The topological polar surface area (TPSA) is 36.7 Å². The van der Waals surface area contributed by atoms with Crippen LogP contribution in [-0.4, -0.2) is 4.98 Å². The summed E-state index contributed by atoms with van der Waals surface area (Å²) in [6.45, 7) is -1.08. The molecule has 68 valence electrons. The fraction of sp³-hybridized carbons (Fsp3) is 0.250. The maximum absolute atomic E-state index is 12.3. The highest BCUT2D eigenvalue weighted by Gasteiger charge is 2.16. The van der Waals surface area contributed by atoms with Gasteiger partial charge in [0, 0.05) is 23.5 Å². The maximum atomic E-state index is 12.3. The molecular formula is C8H5F3N2. The molecule has 1 heterocycles. The summed E-state index contributed by atoms with van der Waals surface area (Å²) in [4.78, 5) is 3.42. The zero-order chi connectivity index (χ0) is 9.84. The Hall–Kier alpha value is -1.57. The average molecular weight is 186 g/mol. The van der Waals surface area contributed by atoms with Crippen LogP contribution in [0.1, 0.15) is 23.1 Å². The lowest BCUT2D eigenvalue weighted by atomic mass is 10.1. The summed E-state index contributed by atoms with van der Waals surface area (Å²) < 4.78 is 36.7. The number of pyridine rings is 1. The zero-order valence-corrected chi connectivity index (χ0v) is 6.47. The molecule has 1 aromatic rings. The third kappa shape index (κ3) is 1.78. The van der Waals surface area contributed by atoms with Gasteiger partial charge in [0.05, 0.1) is 5.56 Å². The predicted octanol–water partition coefficient (Wildman–Crippen LogP) is 2.36. The molecule has 0 saturated heterocycles. The molecule has 0 atom stereocenters. The van der Waals surface area contributed by atoms with Crippen LogP contribution in [-0.2, 0) is 6.67 Å². The second-order valence-electron chi connectivity index (χ2n) is 2.30. The Morgan fingerprint density at radius 2 is 2.15 bits per heavy atom. The number of aromatic nitrogens is 1. The predicted molar refractivity (Wildman–Crippen MR) is 38.7 cm³/mol. The molecule has 0 N–H and O–H groups in total. The normalized spacial score (nSPS) is 10.1. The molecule has 0 bridgehead atoms. The number of hydrogen-bond acceptors (Lipinski definition) is 2. The van der Waals surface area contributed by atoms with Crippen molar-refractivity contribution < 1.29 is 13.2 Å². The molecular weight excluding hydrogens is 181 g/mol. The monoisotopic (exact) mass is 186 g/mol. The highest BCUT2D eigenvalue weighted by Crippen LogP contribution is 2.24. The van der Waals surface area contributed by atoms with Crippen molar-refractivity contribution in [1.82, 2.24) is 4.98 Å². The first-order valence-electron chi connectivity index (χ1n) is 3.41. The van der Waals surface area contributed by atoms with E-state index in [4.69, 9.17) is 5.26 Å². The van der Waals surface area contributed by atoms with Gasteiger partial charge < -0.3 is 0 Å². The Morgan fingerprint density at radius 1 is 1.46 bits per heavy atom. The molecule has 1 rings (SSSR count). The van der Waals surface area contributed by atoms with Gasteiger partial charge in [-0.25, -0.2) is 13.2 Å². The van der Waals surface area contributed by atoms with Crippen molar-refractivity contribution in [3.05, 3.63) is 29.1 Å². The van der Waals surface area contributed by atoms with Crippen molar-refractivity contribution in [3.8, 4) is 6.07 Å². The number of nitrogens with zero attached hydrogens (tertiary/aromatic N) is 2. The van der Waals surface area contributed by atoms with Crippen molar-refractivity contribution in [1.29, 1.82) is 5.26 Å². The summed E-state index contributed by atoms with van der Waals surface area (Å²) in [5, 5.41) is 8.45. The molecule has 0 unspecified atom stereocenters. The Morgan fingerprint density at radius 3 is 2.62 bits per heavy atom. The zero-order valence-electron chi connectivity index (χ0n) is 6.47. The fourth-order valence-electron chi connectivity index (χ4n) is 0.937. The van der Waals surface area contributed by atoms with E-state index in [9.17, 15) is 13.2 Å². The first kappa shape index (κ1) is 9.52. The molecule has 0 fully saturated rings. The highest BCUT2D eigenvalue weighted by molar-refractivity contribution is 5.40. The van der Waals surface area contributed by atoms with Crippen LogP contribution < -0.4 is 0 Å². The van der Waals surface area contributed by atoms with Gasteiger partial charge in [0.2, 0.25) is 0 Å². The number of hydrogen-bond donors (Lipinski definition) is 0. The molecule has 0 radical (unpaired) electrons. The van der Waals surface area contributed by atoms with Crippen molar-refractivity contribution in [3.63, 3.8) is 0 Å². The Bertz CT molecular complexity index is 344. The minimum atomic E-state index is -2.80. The molecule has 13 heavy (non-hydrogen) atoms. The van der Waals surface area contributed by atoms with E-state index in [1.54, 1.807) is 6.07 Å². The molecule has 0 spiro atoms. The lowest BCUT2D eigenvalue weighted by Crippen LogP contribution is -1.97. The number of halogens is 3. The molecule has 2 nitrogen and oxygen atoms in total. The third-order valence-electron chi connectivity index (χ3n) is 1.58. The van der Waals surface area contributed by atoms with Gasteiger partial charge >= 0.3 is 0 Å². The Balaban J connectivity index is 3.29. The molecule has 0 aromatic carbocycles. The molecule has 0 saturated carbocycles. The number of alkyl halides is 3. The van der Waals surface area contributed by atoms with Gasteiger partial charge in [-0.05, 0) is 0 Å². The van der Waals surface area contributed by atoms with E-state index < -0.39 is 18.7 Å². The summed E-state index contributed by atoms with van der Waals surface area (Å²) in [6, 6.07) is 1.61. The second-order valence-corrected chi connectivity index (χ2v) is 2.30. The van der Waals surface area contributed by atoms with Crippen molar-refractivity contribution in [2.24, 2.45) is 0 Å². The summed E-state index contributed by atoms with van der Waals surface area (Å²) in [5.74, 6) is 0. The summed E-state index contributed by atoms with van der Waals surface area (Å²) in [7, 11) is 0. The van der Waals surface area contributed by atoms with E-state index in [0.717, 1.165) is 12.4 Å². The largest absolute Gasteiger partial charge is 0.265 e. The summed E-state index contributed by atoms with van der Waals surface area (Å²) in [6.07, 6.45) is -0.854. The molecule has 1 aromatic heterocycles. The standard InChI is InChI=1S/C8H5F3N2/c9-1-6-5(2-12)3-13-4-7(6)8(10)11/h3-4,8H,1H2. The van der Waals surface area contributed by atoms with E-state index in [1.165, 1.54) is 0 Å². The smallest absolute Gasteiger partial charge is 0.263 e. The molecule has 0 aliphatic carbocycles. The van der Waals surface area contributed by atoms with Gasteiger partial charge in [-0.1, -0.05) is 0 Å². The quantitative estimate of drug-likeness (QED) is 0.710. The maximum Gasteiger partial charge on any atom is 0.265 e. The van der Waals surface area contributed by atoms with Crippen LogP contribution in [0, 0.1) is 11.3 Å². The van der Waals surface area contributed by atoms with Crippen LogP contribution >= 0.6 is 0 Å². The number of rotatable bonds is 2. The van der Waals surface area contributed by atoms with Crippen LogP contribution in [0.15, 0.2) is 12.4 Å². The minimum Gasteiger partial charge on any atom is -0.263 e. The molecule has 5 heteroatoms. The van der Waals surface area contributed by atoms with Crippen molar-refractivity contribution in [2.45, 2.75) is 13.1 Å². The van der Waals surface area contributed by atoms with Crippen LogP contribution in [0.2, 0.25) is 0 Å². The Kier molecular flexibility index (Phi) is 2.85. The van der Waals surface area contributed by atoms with Gasteiger partial charge in [-0.2, -0.15) is 5.26 Å². The average Bonchev–Trinajstić information content (AvgIpc) is 2.16. The van der Waals surface area contributed by atoms with E-state index >= 15 is 0 Å². The second kappa shape index (κ2) is 3.90. The van der Waals surface area contributed by atoms with E-state index in [1.807, 2.05) is 0 Å². The van der Waals surface area contributed by atoms with Crippen LogP contribution in [0.25, 0.3) is 0 Å². The summed E-state index contributed by atoms with van der Waals surface area (Å²) in [5.41, 5.74) is -0.922. The fourth-order valence-corrected chi connectivity index (χ4v) is 0.937. The van der Waals surface area contributed by atoms with Crippen LogP contribution in [0.3, 0.4) is 0 Å². The SMILES string of the molecule is N#Cc1cncc(C(F)F)c1CF. The third-order valence-corrected chi connectivity index (χ3v) is 1.58. The Labute approximate surface area is 72.6 Å². The van der Waals surface area contributed by atoms with E-state index in [-0.39, 0.29) is 11.1 Å². The van der Waals surface area contributed by atoms with E-state index in [0.29, 0.717) is 0 Å². The lowest BCUT2D eigenvalue weighted by molar-refractivity contribution is 0.148. The van der Waals surface area contributed by atoms with Gasteiger partial charge in [0.15, 0.2) is 0 Å². The molecule has 0 amide bonds.